The molecule has 3 N–H and O–H groups in total. The van der Waals surface area contributed by atoms with Crippen LogP contribution in [-0.2, 0) is 10.0 Å². The molecule has 0 amide bonds. The number of hydrogen-bond acceptors (Lipinski definition) is 4. The summed E-state index contributed by atoms with van der Waals surface area (Å²) in [5.74, 6) is 0. The molecule has 0 unspecified atom stereocenters. The third-order valence-corrected chi connectivity index (χ3v) is 4.47. The highest BCUT2D eigenvalue weighted by Gasteiger charge is 2.15. The first kappa shape index (κ1) is 16.9. The molecule has 0 heterocycles. The van der Waals surface area contributed by atoms with Gasteiger partial charge in [-0.25, -0.2) is 13.1 Å². The zero-order valence-electron chi connectivity index (χ0n) is 12.5. The minimum atomic E-state index is -3.42. The van der Waals surface area contributed by atoms with Crippen molar-refractivity contribution in [3.63, 3.8) is 0 Å². The normalized spacial score (nSPS) is 11.8. The molecule has 0 bridgehead atoms. The average Bonchev–Trinajstić information content (AvgIpc) is 2.37. The summed E-state index contributed by atoms with van der Waals surface area (Å²) in [5.41, 5.74) is 6.60. The minimum Gasteiger partial charge on any atom is -0.370 e. The summed E-state index contributed by atoms with van der Waals surface area (Å²) in [4.78, 5) is 2.45. The molecule has 0 saturated heterocycles. The molecule has 0 spiro atoms. The first-order chi connectivity index (χ1) is 9.40. The molecule has 1 aromatic carbocycles. The van der Waals surface area contributed by atoms with Crippen molar-refractivity contribution in [3.05, 3.63) is 24.3 Å². The van der Waals surface area contributed by atoms with Gasteiger partial charge in [0.2, 0.25) is 10.0 Å². The molecule has 114 valence electrons. The largest absolute Gasteiger partial charge is 0.370 e. The van der Waals surface area contributed by atoms with E-state index in [1.54, 1.807) is 26.0 Å². The Hall–Kier alpha value is -1.11. The summed E-state index contributed by atoms with van der Waals surface area (Å²) in [6, 6.07) is 6.83. The van der Waals surface area contributed by atoms with Crippen molar-refractivity contribution in [3.8, 4) is 0 Å². The molecule has 1 rings (SSSR count). The van der Waals surface area contributed by atoms with Crippen molar-refractivity contribution in [1.29, 1.82) is 0 Å². The highest BCUT2D eigenvalue weighted by atomic mass is 32.2. The predicted molar refractivity (Wildman–Crippen MR) is 83.5 cm³/mol. The lowest BCUT2D eigenvalue weighted by Gasteiger charge is -2.23. The second-order valence-electron chi connectivity index (χ2n) is 5.05. The fourth-order valence-corrected chi connectivity index (χ4v) is 3.26. The van der Waals surface area contributed by atoms with Crippen LogP contribution in [0.25, 0.3) is 0 Å². The van der Waals surface area contributed by atoms with E-state index in [1.807, 2.05) is 12.1 Å². The average molecular weight is 299 g/mol. The minimum absolute atomic E-state index is 0.117. The van der Waals surface area contributed by atoms with E-state index in [1.165, 1.54) is 0 Å². The van der Waals surface area contributed by atoms with Crippen LogP contribution in [-0.4, -0.2) is 34.1 Å². The van der Waals surface area contributed by atoms with Crippen LogP contribution in [0.4, 0.5) is 5.69 Å². The summed E-state index contributed by atoms with van der Waals surface area (Å²) < 4.78 is 26.6. The van der Waals surface area contributed by atoms with E-state index in [4.69, 9.17) is 5.73 Å². The fraction of sp³-hybridized carbons (Fsp3) is 0.571. The van der Waals surface area contributed by atoms with Crippen molar-refractivity contribution in [2.45, 2.75) is 38.1 Å². The van der Waals surface area contributed by atoms with Gasteiger partial charge in [0, 0.05) is 31.4 Å². The Balaban J connectivity index is 2.92. The number of hydrogen-bond donors (Lipinski definition) is 2. The summed E-state index contributed by atoms with van der Waals surface area (Å²) >= 11 is 0. The van der Waals surface area contributed by atoms with E-state index in [9.17, 15) is 8.42 Å². The van der Waals surface area contributed by atoms with Gasteiger partial charge in [-0.3, -0.25) is 0 Å². The lowest BCUT2D eigenvalue weighted by atomic mass is 10.2. The lowest BCUT2D eigenvalue weighted by Crippen LogP contribution is -2.31. The number of benzene rings is 1. The van der Waals surface area contributed by atoms with E-state index in [2.05, 4.69) is 16.5 Å². The molecular weight excluding hydrogens is 274 g/mol. The zero-order chi connectivity index (χ0) is 15.2. The molecule has 0 fully saturated rings. The van der Waals surface area contributed by atoms with Gasteiger partial charge in [0.25, 0.3) is 0 Å². The third kappa shape index (κ3) is 4.77. The summed E-state index contributed by atoms with van der Waals surface area (Å²) in [6.07, 6.45) is 1.02. The zero-order valence-corrected chi connectivity index (χ0v) is 13.3. The van der Waals surface area contributed by atoms with Crippen LogP contribution in [0.15, 0.2) is 29.2 Å². The quantitative estimate of drug-likeness (QED) is 0.763. The van der Waals surface area contributed by atoms with Gasteiger partial charge in [0.15, 0.2) is 0 Å². The Kier molecular flexibility index (Phi) is 6.45. The number of sulfonamides is 1. The molecule has 5 nitrogen and oxygen atoms in total. The van der Waals surface area contributed by atoms with Crippen molar-refractivity contribution in [1.82, 2.24) is 4.72 Å². The molecule has 0 atom stereocenters. The maximum atomic E-state index is 12.0. The third-order valence-electron chi connectivity index (χ3n) is 2.80. The smallest absolute Gasteiger partial charge is 0.240 e. The highest BCUT2D eigenvalue weighted by Crippen LogP contribution is 2.18. The van der Waals surface area contributed by atoms with Crippen molar-refractivity contribution >= 4 is 15.7 Å². The summed E-state index contributed by atoms with van der Waals surface area (Å²) in [6.45, 7) is 7.97. The van der Waals surface area contributed by atoms with E-state index < -0.39 is 10.0 Å². The van der Waals surface area contributed by atoms with Gasteiger partial charge in [-0.2, -0.15) is 0 Å². The molecular formula is C14H25N3O2S. The Morgan fingerprint density at radius 1 is 1.20 bits per heavy atom. The Morgan fingerprint density at radius 2 is 1.80 bits per heavy atom. The van der Waals surface area contributed by atoms with Crippen LogP contribution < -0.4 is 15.4 Å². The number of nitrogens with zero attached hydrogens (tertiary/aromatic N) is 1. The van der Waals surface area contributed by atoms with Gasteiger partial charge in [0.05, 0.1) is 4.90 Å². The molecule has 1 aromatic rings. The Bertz CT molecular complexity index is 492. The Labute approximate surface area is 122 Å². The first-order valence-electron chi connectivity index (χ1n) is 6.98. The number of anilines is 1. The first-order valence-corrected chi connectivity index (χ1v) is 8.46. The number of rotatable bonds is 8. The maximum absolute atomic E-state index is 12.0. The van der Waals surface area contributed by atoms with Gasteiger partial charge < -0.3 is 10.6 Å². The van der Waals surface area contributed by atoms with E-state index in [0.29, 0.717) is 11.4 Å². The van der Waals surface area contributed by atoms with Gasteiger partial charge in [0.1, 0.15) is 0 Å². The monoisotopic (exact) mass is 299 g/mol. The van der Waals surface area contributed by atoms with Crippen molar-refractivity contribution < 1.29 is 8.42 Å². The number of nitrogens with two attached hydrogens (primary N) is 1. The summed E-state index contributed by atoms with van der Waals surface area (Å²) in [5, 5.41) is 0. The molecule has 0 saturated carbocycles. The van der Waals surface area contributed by atoms with E-state index >= 15 is 0 Å². The van der Waals surface area contributed by atoms with Crippen molar-refractivity contribution in [2.24, 2.45) is 5.73 Å². The maximum Gasteiger partial charge on any atom is 0.240 e. The van der Waals surface area contributed by atoms with Gasteiger partial charge in [-0.15, -0.1) is 0 Å². The van der Waals surface area contributed by atoms with Gasteiger partial charge in [-0.1, -0.05) is 6.92 Å². The lowest BCUT2D eigenvalue weighted by molar-refractivity contribution is 0.570. The van der Waals surface area contributed by atoms with Crippen LogP contribution in [0.3, 0.4) is 0 Å². The topological polar surface area (TPSA) is 75.4 Å². The predicted octanol–water partition coefficient (Wildman–Crippen LogP) is 1.55. The second kappa shape index (κ2) is 7.61. The van der Waals surface area contributed by atoms with E-state index in [0.717, 1.165) is 25.2 Å². The molecule has 0 radical (unpaired) electrons. The molecule has 6 heteroatoms. The fourth-order valence-electron chi connectivity index (χ4n) is 2.01. The Morgan fingerprint density at radius 3 is 2.25 bits per heavy atom. The molecule has 0 aliphatic heterocycles. The van der Waals surface area contributed by atoms with Gasteiger partial charge >= 0.3 is 0 Å². The molecule has 20 heavy (non-hydrogen) atoms. The number of nitrogens with one attached hydrogen (secondary N) is 1. The van der Waals surface area contributed by atoms with Crippen LogP contribution in [0.5, 0.6) is 0 Å². The SMILES string of the molecule is CCCN(CCN)c1ccc(S(=O)(=O)NC(C)C)cc1. The van der Waals surface area contributed by atoms with Gasteiger partial charge in [-0.05, 0) is 44.5 Å². The van der Waals surface area contributed by atoms with Crippen LogP contribution in [0.2, 0.25) is 0 Å². The van der Waals surface area contributed by atoms with Crippen LogP contribution in [0.1, 0.15) is 27.2 Å². The highest BCUT2D eigenvalue weighted by molar-refractivity contribution is 7.89. The second-order valence-corrected chi connectivity index (χ2v) is 6.76. The standard InChI is InChI=1S/C14H25N3O2S/c1-4-10-17(11-9-15)13-5-7-14(8-6-13)20(18,19)16-12(2)3/h5-8,12,16H,4,9-11,15H2,1-3H3. The van der Waals surface area contributed by atoms with Crippen LogP contribution >= 0.6 is 0 Å². The molecule has 0 aliphatic rings. The molecule has 0 aromatic heterocycles. The summed E-state index contributed by atoms with van der Waals surface area (Å²) in [7, 11) is -3.42. The van der Waals surface area contributed by atoms with Crippen molar-refractivity contribution in [2.75, 3.05) is 24.5 Å². The molecule has 0 aliphatic carbocycles. The van der Waals surface area contributed by atoms with Crippen LogP contribution in [0, 0.1) is 0 Å². The van der Waals surface area contributed by atoms with E-state index in [-0.39, 0.29) is 6.04 Å².